The predicted octanol–water partition coefficient (Wildman–Crippen LogP) is 4.82. The summed E-state index contributed by atoms with van der Waals surface area (Å²) in [5.74, 6) is 0.842. The molecule has 0 aliphatic carbocycles. The average molecular weight is 377 g/mol. The van der Waals surface area contributed by atoms with E-state index in [1.54, 1.807) is 0 Å². The van der Waals surface area contributed by atoms with Crippen LogP contribution in [-0.4, -0.2) is 7.05 Å². The number of hydrogen-bond acceptors (Lipinski definition) is 2. The summed E-state index contributed by atoms with van der Waals surface area (Å²) < 4.78 is 6.75. The van der Waals surface area contributed by atoms with Crippen molar-refractivity contribution in [2.45, 2.75) is 13.2 Å². The predicted molar refractivity (Wildman–Crippen MR) is 89.9 cm³/mol. The van der Waals surface area contributed by atoms with Crippen molar-refractivity contribution in [1.82, 2.24) is 5.32 Å². The number of rotatable bonds is 5. The molecule has 0 atom stereocenters. The van der Waals surface area contributed by atoms with Gasteiger partial charge in [0.15, 0.2) is 0 Å². The Hall–Kier alpha value is -0.740. The second-order valence-corrected chi connectivity index (χ2v) is 5.50. The van der Waals surface area contributed by atoms with E-state index in [1.165, 1.54) is 5.56 Å². The summed E-state index contributed by atoms with van der Waals surface area (Å²) in [5, 5.41) is 3.86. The molecule has 0 aliphatic rings. The minimum atomic E-state index is 0. The molecule has 2 nitrogen and oxygen atoms in total. The minimum Gasteiger partial charge on any atom is -0.488 e. The highest BCUT2D eigenvalue weighted by Gasteiger charge is 2.03. The fourth-order valence-corrected chi connectivity index (χ4v) is 2.38. The molecule has 0 unspecified atom stereocenters. The molecule has 2 rings (SSSR count). The zero-order chi connectivity index (χ0) is 13.7. The fourth-order valence-electron chi connectivity index (χ4n) is 1.72. The van der Waals surface area contributed by atoms with Crippen molar-refractivity contribution in [1.29, 1.82) is 0 Å². The first-order chi connectivity index (χ1) is 9.19. The van der Waals surface area contributed by atoms with Crippen LogP contribution in [0.25, 0.3) is 0 Å². The van der Waals surface area contributed by atoms with Gasteiger partial charge >= 0.3 is 0 Å². The Balaban J connectivity index is 0.00000200. The Morgan fingerprint density at radius 3 is 2.35 bits per heavy atom. The Morgan fingerprint density at radius 2 is 1.75 bits per heavy atom. The first-order valence-electron chi connectivity index (χ1n) is 5.99. The molecule has 0 aromatic heterocycles. The number of benzene rings is 2. The summed E-state index contributed by atoms with van der Waals surface area (Å²) in [6.07, 6.45) is 0. The third-order valence-corrected chi connectivity index (χ3v) is 3.56. The first-order valence-corrected chi connectivity index (χ1v) is 7.16. The van der Waals surface area contributed by atoms with Gasteiger partial charge in [0, 0.05) is 11.6 Å². The highest BCUT2D eigenvalue weighted by atomic mass is 79.9. The summed E-state index contributed by atoms with van der Waals surface area (Å²) in [5.41, 5.74) is 2.31. The molecular weight excluding hydrogens is 361 g/mol. The lowest BCUT2D eigenvalue weighted by Gasteiger charge is -2.10. The Morgan fingerprint density at radius 1 is 1.10 bits per heavy atom. The van der Waals surface area contributed by atoms with Crippen molar-refractivity contribution in [3.05, 3.63) is 63.1 Å². The molecule has 0 fully saturated rings. The lowest BCUT2D eigenvalue weighted by molar-refractivity contribution is 0.304. The molecule has 0 saturated carbocycles. The maximum Gasteiger partial charge on any atom is 0.134 e. The molecule has 1 N–H and O–H groups in total. The Labute approximate surface area is 139 Å². The van der Waals surface area contributed by atoms with Gasteiger partial charge in [-0.1, -0.05) is 29.8 Å². The van der Waals surface area contributed by atoms with Crippen molar-refractivity contribution in [3.63, 3.8) is 0 Å². The fraction of sp³-hybridized carbons (Fsp3) is 0.200. The number of hydrogen-bond donors (Lipinski definition) is 1. The molecule has 0 saturated heterocycles. The van der Waals surface area contributed by atoms with E-state index in [2.05, 4.69) is 33.4 Å². The molecule has 0 aliphatic heterocycles. The zero-order valence-corrected chi connectivity index (χ0v) is 14.2. The summed E-state index contributed by atoms with van der Waals surface area (Å²) in [6.45, 7) is 1.37. The van der Waals surface area contributed by atoms with E-state index in [0.29, 0.717) is 6.61 Å². The van der Waals surface area contributed by atoms with Crippen LogP contribution in [0.1, 0.15) is 11.1 Å². The summed E-state index contributed by atoms with van der Waals surface area (Å²) in [4.78, 5) is 0. The first kappa shape index (κ1) is 17.3. The second kappa shape index (κ2) is 8.53. The van der Waals surface area contributed by atoms with Crippen LogP contribution in [0.2, 0.25) is 5.02 Å². The van der Waals surface area contributed by atoms with E-state index in [9.17, 15) is 0 Å². The molecule has 0 radical (unpaired) electrons. The van der Waals surface area contributed by atoms with Gasteiger partial charge in [0.1, 0.15) is 12.4 Å². The molecule has 2 aromatic rings. The van der Waals surface area contributed by atoms with Crippen LogP contribution in [-0.2, 0) is 13.2 Å². The van der Waals surface area contributed by atoms with Crippen LogP contribution in [0.5, 0.6) is 5.75 Å². The van der Waals surface area contributed by atoms with E-state index in [-0.39, 0.29) is 12.4 Å². The molecule has 0 bridgehead atoms. The van der Waals surface area contributed by atoms with Crippen LogP contribution in [0.15, 0.2) is 46.9 Å². The van der Waals surface area contributed by atoms with Crippen LogP contribution in [0, 0.1) is 0 Å². The van der Waals surface area contributed by atoms with Crippen molar-refractivity contribution >= 4 is 39.9 Å². The summed E-state index contributed by atoms with van der Waals surface area (Å²) >= 11 is 9.38. The van der Waals surface area contributed by atoms with Crippen molar-refractivity contribution in [2.24, 2.45) is 0 Å². The molecule has 2 aromatic carbocycles. The maximum atomic E-state index is 5.85. The molecule has 0 heterocycles. The summed E-state index contributed by atoms with van der Waals surface area (Å²) in [7, 11) is 1.93. The standard InChI is InChI=1S/C15H15BrClNO.ClH/c1-18-9-12-4-7-15(14(16)8-12)19-10-11-2-5-13(17)6-3-11;/h2-8,18H,9-10H2,1H3;1H. The van der Waals surface area contributed by atoms with Crippen LogP contribution >= 0.6 is 39.9 Å². The highest BCUT2D eigenvalue weighted by molar-refractivity contribution is 9.10. The van der Waals surface area contributed by atoms with Gasteiger partial charge in [0.05, 0.1) is 4.47 Å². The van der Waals surface area contributed by atoms with E-state index < -0.39 is 0 Å². The van der Waals surface area contributed by atoms with Crippen LogP contribution in [0.4, 0.5) is 0 Å². The number of nitrogens with one attached hydrogen (secondary N) is 1. The Bertz CT molecular complexity index is 546. The van der Waals surface area contributed by atoms with E-state index in [4.69, 9.17) is 16.3 Å². The van der Waals surface area contributed by atoms with E-state index in [0.717, 1.165) is 27.4 Å². The topological polar surface area (TPSA) is 21.3 Å². The van der Waals surface area contributed by atoms with Gasteiger partial charge in [-0.15, -0.1) is 12.4 Å². The third kappa shape index (κ3) is 4.98. The number of ether oxygens (including phenoxy) is 1. The van der Waals surface area contributed by atoms with Crippen molar-refractivity contribution in [3.8, 4) is 5.75 Å². The van der Waals surface area contributed by atoms with Gasteiger partial charge in [0.2, 0.25) is 0 Å². The lowest BCUT2D eigenvalue weighted by atomic mass is 10.2. The van der Waals surface area contributed by atoms with Gasteiger partial charge in [-0.05, 0) is 58.4 Å². The van der Waals surface area contributed by atoms with Gasteiger partial charge in [-0.3, -0.25) is 0 Å². The average Bonchev–Trinajstić information content (AvgIpc) is 2.40. The third-order valence-electron chi connectivity index (χ3n) is 2.68. The smallest absolute Gasteiger partial charge is 0.134 e. The second-order valence-electron chi connectivity index (χ2n) is 4.21. The summed E-state index contributed by atoms with van der Waals surface area (Å²) in [6, 6.07) is 13.8. The molecule has 20 heavy (non-hydrogen) atoms. The quantitative estimate of drug-likeness (QED) is 0.807. The Kier molecular flexibility index (Phi) is 7.38. The highest BCUT2D eigenvalue weighted by Crippen LogP contribution is 2.27. The largest absolute Gasteiger partial charge is 0.488 e. The van der Waals surface area contributed by atoms with Gasteiger partial charge < -0.3 is 10.1 Å². The zero-order valence-electron chi connectivity index (χ0n) is 11.0. The van der Waals surface area contributed by atoms with Gasteiger partial charge in [0.25, 0.3) is 0 Å². The number of halogens is 3. The van der Waals surface area contributed by atoms with Crippen LogP contribution < -0.4 is 10.1 Å². The van der Waals surface area contributed by atoms with Crippen molar-refractivity contribution in [2.75, 3.05) is 7.05 Å². The molecule has 0 amide bonds. The molecule has 108 valence electrons. The van der Waals surface area contributed by atoms with Gasteiger partial charge in [-0.25, -0.2) is 0 Å². The van der Waals surface area contributed by atoms with Gasteiger partial charge in [-0.2, -0.15) is 0 Å². The molecule has 5 heteroatoms. The van der Waals surface area contributed by atoms with Crippen LogP contribution in [0.3, 0.4) is 0 Å². The maximum absolute atomic E-state index is 5.85. The minimum absolute atomic E-state index is 0. The molecular formula is C15H16BrCl2NO. The molecule has 0 spiro atoms. The lowest BCUT2D eigenvalue weighted by Crippen LogP contribution is -2.05. The van der Waals surface area contributed by atoms with E-state index >= 15 is 0 Å². The van der Waals surface area contributed by atoms with E-state index in [1.807, 2.05) is 37.4 Å². The van der Waals surface area contributed by atoms with Crippen molar-refractivity contribution < 1.29 is 4.74 Å². The monoisotopic (exact) mass is 375 g/mol. The normalized spacial score (nSPS) is 9.95. The SMILES string of the molecule is CNCc1ccc(OCc2ccc(Cl)cc2)c(Br)c1.Cl.